The summed E-state index contributed by atoms with van der Waals surface area (Å²) in [6, 6.07) is 0. The number of esters is 1. The Bertz CT molecular complexity index is 376. The molecule has 4 heteroatoms. The summed E-state index contributed by atoms with van der Waals surface area (Å²) in [5, 5.41) is 2.96. The standard InChI is InChI=1S/C16H27NO3/c1-15(2,3)20-13(18)5-4-12-6-8-16(9-7-12)10-11-17-14(16)19/h12H,4-11H2,1-3H3,(H,17,19). The fourth-order valence-electron chi connectivity index (χ4n) is 3.43. The van der Waals surface area contributed by atoms with E-state index in [4.69, 9.17) is 4.74 Å². The lowest BCUT2D eigenvalue weighted by Crippen LogP contribution is -2.35. The number of carbonyl (C=O) groups excluding carboxylic acids is 2. The third-order valence-corrected chi connectivity index (χ3v) is 4.61. The van der Waals surface area contributed by atoms with Crippen LogP contribution in [0.1, 0.15) is 65.7 Å². The molecule has 1 aliphatic heterocycles. The number of hydrogen-bond acceptors (Lipinski definition) is 3. The number of nitrogens with one attached hydrogen (secondary N) is 1. The third kappa shape index (κ3) is 3.74. The van der Waals surface area contributed by atoms with Gasteiger partial charge in [0.05, 0.1) is 5.41 Å². The highest BCUT2D eigenvalue weighted by Crippen LogP contribution is 2.44. The van der Waals surface area contributed by atoms with E-state index in [1.165, 1.54) is 0 Å². The second-order valence-electron chi connectivity index (χ2n) is 7.35. The predicted octanol–water partition coefficient (Wildman–Crippen LogP) is 2.80. The second-order valence-corrected chi connectivity index (χ2v) is 7.35. The van der Waals surface area contributed by atoms with Crippen molar-refractivity contribution in [3.05, 3.63) is 0 Å². The highest BCUT2D eigenvalue weighted by atomic mass is 16.6. The van der Waals surface area contributed by atoms with Crippen LogP contribution in [0.25, 0.3) is 0 Å². The van der Waals surface area contributed by atoms with Crippen LogP contribution in [-0.2, 0) is 14.3 Å². The molecule has 20 heavy (non-hydrogen) atoms. The summed E-state index contributed by atoms with van der Waals surface area (Å²) in [6.07, 6.45) is 6.49. The maximum Gasteiger partial charge on any atom is 0.306 e. The molecule has 1 saturated carbocycles. The maximum absolute atomic E-state index is 11.9. The summed E-state index contributed by atoms with van der Waals surface area (Å²) >= 11 is 0. The largest absolute Gasteiger partial charge is 0.460 e. The van der Waals surface area contributed by atoms with Crippen molar-refractivity contribution in [2.75, 3.05) is 6.54 Å². The first-order valence-electron chi connectivity index (χ1n) is 7.81. The highest BCUT2D eigenvalue weighted by molar-refractivity contribution is 5.84. The van der Waals surface area contributed by atoms with Crippen molar-refractivity contribution in [3.63, 3.8) is 0 Å². The average molecular weight is 281 g/mol. The van der Waals surface area contributed by atoms with Crippen molar-refractivity contribution < 1.29 is 14.3 Å². The lowest BCUT2D eigenvalue weighted by molar-refractivity contribution is -0.155. The second kappa shape index (κ2) is 5.74. The molecule has 2 aliphatic rings. The van der Waals surface area contributed by atoms with Crippen LogP contribution in [0.15, 0.2) is 0 Å². The van der Waals surface area contributed by atoms with E-state index in [9.17, 15) is 9.59 Å². The molecule has 0 bridgehead atoms. The third-order valence-electron chi connectivity index (χ3n) is 4.61. The summed E-state index contributed by atoms with van der Waals surface area (Å²) in [4.78, 5) is 23.6. The van der Waals surface area contributed by atoms with Gasteiger partial charge in [0.25, 0.3) is 0 Å². The maximum atomic E-state index is 11.9. The molecule has 1 aliphatic carbocycles. The molecule has 1 spiro atoms. The first-order valence-corrected chi connectivity index (χ1v) is 7.81. The average Bonchev–Trinajstić information content (AvgIpc) is 2.68. The van der Waals surface area contributed by atoms with E-state index in [2.05, 4.69) is 5.32 Å². The Morgan fingerprint density at radius 2 is 1.95 bits per heavy atom. The molecule has 1 amide bonds. The predicted molar refractivity (Wildman–Crippen MR) is 77.1 cm³/mol. The minimum Gasteiger partial charge on any atom is -0.460 e. The SMILES string of the molecule is CC(C)(C)OC(=O)CCC1CCC2(CCNC2=O)CC1. The normalized spacial score (nSPS) is 30.4. The molecule has 0 aromatic rings. The van der Waals surface area contributed by atoms with Crippen molar-refractivity contribution in [1.29, 1.82) is 0 Å². The zero-order valence-corrected chi connectivity index (χ0v) is 13.0. The molecule has 0 radical (unpaired) electrons. The molecule has 1 saturated heterocycles. The minimum atomic E-state index is -0.393. The molecule has 114 valence electrons. The fraction of sp³-hybridized carbons (Fsp3) is 0.875. The van der Waals surface area contributed by atoms with E-state index in [1.54, 1.807) is 0 Å². The molecule has 0 aromatic heterocycles. The lowest BCUT2D eigenvalue weighted by atomic mass is 9.68. The van der Waals surface area contributed by atoms with Gasteiger partial charge in [-0.3, -0.25) is 9.59 Å². The van der Waals surface area contributed by atoms with Gasteiger partial charge in [-0.05, 0) is 65.2 Å². The van der Waals surface area contributed by atoms with Crippen molar-refractivity contribution >= 4 is 11.9 Å². The van der Waals surface area contributed by atoms with Crippen LogP contribution < -0.4 is 5.32 Å². The van der Waals surface area contributed by atoms with Crippen LogP contribution in [-0.4, -0.2) is 24.0 Å². The first-order chi connectivity index (χ1) is 9.31. The molecular weight excluding hydrogens is 254 g/mol. The van der Waals surface area contributed by atoms with E-state index < -0.39 is 5.60 Å². The van der Waals surface area contributed by atoms with Gasteiger partial charge in [0.2, 0.25) is 5.91 Å². The number of carbonyl (C=O) groups is 2. The van der Waals surface area contributed by atoms with Crippen molar-refractivity contribution in [3.8, 4) is 0 Å². The van der Waals surface area contributed by atoms with E-state index >= 15 is 0 Å². The van der Waals surface area contributed by atoms with Crippen LogP contribution in [0, 0.1) is 11.3 Å². The zero-order chi connectivity index (χ0) is 14.8. The summed E-state index contributed by atoms with van der Waals surface area (Å²) < 4.78 is 5.34. The molecule has 1 N–H and O–H groups in total. The van der Waals surface area contributed by atoms with Gasteiger partial charge in [0.15, 0.2) is 0 Å². The van der Waals surface area contributed by atoms with Gasteiger partial charge >= 0.3 is 5.97 Å². The molecule has 0 aromatic carbocycles. The van der Waals surface area contributed by atoms with Gasteiger partial charge in [0.1, 0.15) is 5.60 Å². The molecule has 1 heterocycles. The minimum absolute atomic E-state index is 0.0809. The monoisotopic (exact) mass is 281 g/mol. The van der Waals surface area contributed by atoms with Crippen LogP contribution in [0.2, 0.25) is 0 Å². The fourth-order valence-corrected chi connectivity index (χ4v) is 3.43. The van der Waals surface area contributed by atoms with Crippen molar-refractivity contribution in [2.24, 2.45) is 11.3 Å². The van der Waals surface area contributed by atoms with Gasteiger partial charge in [-0.25, -0.2) is 0 Å². The molecule has 4 nitrogen and oxygen atoms in total. The Balaban J connectivity index is 1.72. The number of rotatable bonds is 3. The van der Waals surface area contributed by atoms with Crippen LogP contribution in [0.4, 0.5) is 0 Å². The van der Waals surface area contributed by atoms with Gasteiger partial charge < -0.3 is 10.1 Å². The Hall–Kier alpha value is -1.06. The molecular formula is C16H27NO3. The Kier molecular flexibility index (Phi) is 4.40. The van der Waals surface area contributed by atoms with Crippen LogP contribution in [0.5, 0.6) is 0 Å². The summed E-state index contributed by atoms with van der Waals surface area (Å²) in [5.41, 5.74) is -0.474. The molecule has 2 fully saturated rings. The molecule has 2 rings (SSSR count). The van der Waals surface area contributed by atoms with Crippen molar-refractivity contribution in [2.45, 2.75) is 71.3 Å². The van der Waals surface area contributed by atoms with E-state index in [-0.39, 0.29) is 17.3 Å². The van der Waals surface area contributed by atoms with Gasteiger partial charge in [-0.15, -0.1) is 0 Å². The first kappa shape index (κ1) is 15.3. The quantitative estimate of drug-likeness (QED) is 0.809. The Labute approximate surface area is 121 Å². The number of hydrogen-bond donors (Lipinski definition) is 1. The van der Waals surface area contributed by atoms with Gasteiger partial charge in [-0.1, -0.05) is 0 Å². The van der Waals surface area contributed by atoms with Crippen molar-refractivity contribution in [1.82, 2.24) is 5.32 Å². The topological polar surface area (TPSA) is 55.4 Å². The summed E-state index contributed by atoms with van der Waals surface area (Å²) in [5.74, 6) is 0.723. The van der Waals surface area contributed by atoms with Crippen LogP contribution >= 0.6 is 0 Å². The zero-order valence-electron chi connectivity index (χ0n) is 13.0. The van der Waals surface area contributed by atoms with E-state index in [0.29, 0.717) is 12.3 Å². The van der Waals surface area contributed by atoms with E-state index in [0.717, 1.165) is 45.1 Å². The number of ether oxygens (including phenoxy) is 1. The van der Waals surface area contributed by atoms with E-state index in [1.807, 2.05) is 20.8 Å². The van der Waals surface area contributed by atoms with Crippen LogP contribution in [0.3, 0.4) is 0 Å². The Morgan fingerprint density at radius 1 is 1.30 bits per heavy atom. The molecule has 0 atom stereocenters. The molecule has 0 unspecified atom stereocenters. The van der Waals surface area contributed by atoms with Gasteiger partial charge in [-0.2, -0.15) is 0 Å². The van der Waals surface area contributed by atoms with Gasteiger partial charge in [0, 0.05) is 13.0 Å². The summed E-state index contributed by atoms with van der Waals surface area (Å²) in [7, 11) is 0. The Morgan fingerprint density at radius 3 is 2.45 bits per heavy atom. The smallest absolute Gasteiger partial charge is 0.306 e. The lowest BCUT2D eigenvalue weighted by Gasteiger charge is -2.34. The highest BCUT2D eigenvalue weighted by Gasteiger charge is 2.44. The number of amides is 1. The summed E-state index contributed by atoms with van der Waals surface area (Å²) in [6.45, 7) is 6.53.